The highest BCUT2D eigenvalue weighted by molar-refractivity contribution is 6.40. The highest BCUT2D eigenvalue weighted by Crippen LogP contribution is 2.25. The van der Waals surface area contributed by atoms with Crippen molar-refractivity contribution in [3.8, 4) is 5.75 Å². The Labute approximate surface area is 99.9 Å². The van der Waals surface area contributed by atoms with E-state index in [0.29, 0.717) is 6.42 Å². The maximum Gasteiger partial charge on any atom is 0.377 e. The summed E-state index contributed by atoms with van der Waals surface area (Å²) in [6.45, 7) is 6.12. The van der Waals surface area contributed by atoms with Crippen molar-refractivity contribution in [1.82, 2.24) is 0 Å². The average molecular weight is 236 g/mol. The van der Waals surface area contributed by atoms with Crippen molar-refractivity contribution in [2.24, 2.45) is 5.41 Å². The van der Waals surface area contributed by atoms with Gasteiger partial charge in [-0.15, -0.1) is 0 Å². The van der Waals surface area contributed by atoms with Gasteiger partial charge in [-0.1, -0.05) is 26.8 Å². The molecule has 0 spiro atoms. The first kappa shape index (κ1) is 13.2. The number of ketones is 1. The Morgan fingerprint density at radius 3 is 2.29 bits per heavy atom. The van der Waals surface area contributed by atoms with Crippen molar-refractivity contribution in [3.05, 3.63) is 29.3 Å². The van der Waals surface area contributed by atoms with E-state index in [2.05, 4.69) is 0 Å². The zero-order chi connectivity index (χ0) is 13.2. The number of carboxylic acid groups (broad SMARTS) is 1. The fourth-order valence-electron chi connectivity index (χ4n) is 1.60. The molecule has 92 valence electrons. The van der Waals surface area contributed by atoms with Crippen molar-refractivity contribution in [2.75, 3.05) is 0 Å². The standard InChI is InChI=1S/C13H16O4/c1-13(2,3)7-8-4-5-10(14)9(6-8)11(15)12(16)17/h4-6,14H,7H2,1-3H3,(H,16,17). The number of rotatable bonds is 3. The minimum atomic E-state index is -1.56. The zero-order valence-corrected chi connectivity index (χ0v) is 10.2. The van der Waals surface area contributed by atoms with Gasteiger partial charge in [0.15, 0.2) is 0 Å². The highest BCUT2D eigenvalue weighted by atomic mass is 16.4. The summed E-state index contributed by atoms with van der Waals surface area (Å²) in [5, 5.41) is 18.1. The molecule has 0 atom stereocenters. The molecule has 0 radical (unpaired) electrons. The molecule has 1 aromatic rings. The molecule has 4 heteroatoms. The second kappa shape index (κ2) is 4.57. The molecule has 0 fully saturated rings. The van der Waals surface area contributed by atoms with E-state index in [0.717, 1.165) is 5.56 Å². The summed E-state index contributed by atoms with van der Waals surface area (Å²) in [5.41, 5.74) is 0.708. The topological polar surface area (TPSA) is 74.6 Å². The Balaban J connectivity index is 3.11. The van der Waals surface area contributed by atoms with Crippen LogP contribution < -0.4 is 0 Å². The number of aromatic hydroxyl groups is 1. The minimum absolute atomic E-state index is 0.0283. The third kappa shape index (κ3) is 3.59. The molecule has 0 aromatic heterocycles. The molecule has 0 saturated heterocycles. The molecular formula is C13H16O4. The molecule has 0 aliphatic carbocycles. The second-order valence-corrected chi connectivity index (χ2v) is 5.22. The molecule has 0 aliphatic rings. The first-order valence-corrected chi connectivity index (χ1v) is 5.30. The summed E-state index contributed by atoms with van der Waals surface area (Å²) in [6, 6.07) is 4.49. The molecule has 0 saturated carbocycles. The van der Waals surface area contributed by atoms with E-state index in [1.807, 2.05) is 20.8 Å². The molecule has 2 N–H and O–H groups in total. The van der Waals surface area contributed by atoms with Gasteiger partial charge in [0.25, 0.3) is 5.78 Å². The maximum atomic E-state index is 11.3. The molecule has 1 rings (SSSR count). The summed E-state index contributed by atoms with van der Waals surface area (Å²) in [6.07, 6.45) is 0.702. The number of carbonyl (C=O) groups is 2. The fraction of sp³-hybridized carbons (Fsp3) is 0.385. The Bertz CT molecular complexity index is 455. The smallest absolute Gasteiger partial charge is 0.377 e. The van der Waals surface area contributed by atoms with E-state index in [-0.39, 0.29) is 16.7 Å². The molecule has 17 heavy (non-hydrogen) atoms. The van der Waals surface area contributed by atoms with Gasteiger partial charge in [-0.25, -0.2) is 4.79 Å². The van der Waals surface area contributed by atoms with Crippen LogP contribution in [0, 0.1) is 5.41 Å². The third-order valence-corrected chi connectivity index (χ3v) is 2.23. The predicted octanol–water partition coefficient (Wildman–Crippen LogP) is 2.25. The van der Waals surface area contributed by atoms with Gasteiger partial charge in [0.1, 0.15) is 5.75 Å². The van der Waals surface area contributed by atoms with Crippen molar-refractivity contribution >= 4 is 11.8 Å². The summed E-state index contributed by atoms with van der Waals surface area (Å²) < 4.78 is 0. The fourth-order valence-corrected chi connectivity index (χ4v) is 1.60. The van der Waals surface area contributed by atoms with Gasteiger partial charge >= 0.3 is 5.97 Å². The SMILES string of the molecule is CC(C)(C)Cc1ccc(O)c(C(=O)C(=O)O)c1. The van der Waals surface area contributed by atoms with E-state index in [1.165, 1.54) is 12.1 Å². The third-order valence-electron chi connectivity index (χ3n) is 2.23. The Morgan fingerprint density at radius 1 is 1.24 bits per heavy atom. The lowest BCUT2D eigenvalue weighted by Gasteiger charge is -2.18. The number of Topliss-reactive ketones (excluding diaryl/α,β-unsaturated/α-hetero) is 1. The van der Waals surface area contributed by atoms with Crippen molar-refractivity contribution in [2.45, 2.75) is 27.2 Å². The lowest BCUT2D eigenvalue weighted by Crippen LogP contribution is -2.14. The molecule has 0 amide bonds. The number of phenols is 1. The number of benzene rings is 1. The molecule has 4 nitrogen and oxygen atoms in total. The number of hydrogen-bond acceptors (Lipinski definition) is 3. The van der Waals surface area contributed by atoms with Gasteiger partial charge in [0.2, 0.25) is 0 Å². The number of carbonyl (C=O) groups excluding carboxylic acids is 1. The normalized spacial score (nSPS) is 11.2. The van der Waals surface area contributed by atoms with Crippen LogP contribution in [0.5, 0.6) is 5.75 Å². The lowest BCUT2D eigenvalue weighted by atomic mass is 9.87. The van der Waals surface area contributed by atoms with Crippen LogP contribution in [0.15, 0.2) is 18.2 Å². The average Bonchev–Trinajstić information content (AvgIpc) is 2.17. The quantitative estimate of drug-likeness (QED) is 0.623. The molecule has 0 heterocycles. The Morgan fingerprint density at radius 2 is 1.82 bits per heavy atom. The van der Waals surface area contributed by atoms with Crippen molar-refractivity contribution in [1.29, 1.82) is 0 Å². The van der Waals surface area contributed by atoms with Crippen LogP contribution in [0.3, 0.4) is 0 Å². The van der Waals surface area contributed by atoms with Gasteiger partial charge in [-0.2, -0.15) is 0 Å². The van der Waals surface area contributed by atoms with Crippen molar-refractivity contribution < 1.29 is 19.8 Å². The van der Waals surface area contributed by atoms with Crippen LogP contribution in [-0.4, -0.2) is 22.0 Å². The van der Waals surface area contributed by atoms with E-state index < -0.39 is 11.8 Å². The van der Waals surface area contributed by atoms with Gasteiger partial charge in [0.05, 0.1) is 5.56 Å². The highest BCUT2D eigenvalue weighted by Gasteiger charge is 2.20. The largest absolute Gasteiger partial charge is 0.507 e. The predicted molar refractivity (Wildman–Crippen MR) is 63.2 cm³/mol. The Hall–Kier alpha value is -1.84. The van der Waals surface area contributed by atoms with Crippen LogP contribution in [0.25, 0.3) is 0 Å². The van der Waals surface area contributed by atoms with Gasteiger partial charge in [-0.05, 0) is 29.5 Å². The number of carboxylic acids is 1. The van der Waals surface area contributed by atoms with Crippen LogP contribution in [0.2, 0.25) is 0 Å². The van der Waals surface area contributed by atoms with Crippen LogP contribution in [-0.2, 0) is 11.2 Å². The van der Waals surface area contributed by atoms with E-state index in [1.54, 1.807) is 6.07 Å². The maximum absolute atomic E-state index is 11.3. The minimum Gasteiger partial charge on any atom is -0.507 e. The zero-order valence-electron chi connectivity index (χ0n) is 10.2. The van der Waals surface area contributed by atoms with Crippen molar-refractivity contribution in [3.63, 3.8) is 0 Å². The number of phenolic OH excluding ortho intramolecular Hbond substituents is 1. The lowest BCUT2D eigenvalue weighted by molar-refractivity contribution is -0.131. The van der Waals surface area contributed by atoms with Gasteiger partial charge in [-0.3, -0.25) is 4.79 Å². The van der Waals surface area contributed by atoms with E-state index in [9.17, 15) is 14.7 Å². The first-order valence-electron chi connectivity index (χ1n) is 5.30. The summed E-state index contributed by atoms with van der Waals surface area (Å²) in [7, 11) is 0. The second-order valence-electron chi connectivity index (χ2n) is 5.22. The summed E-state index contributed by atoms with van der Waals surface area (Å²) in [5.74, 6) is -2.94. The van der Waals surface area contributed by atoms with Crippen LogP contribution in [0.4, 0.5) is 0 Å². The molecule has 1 aromatic carbocycles. The first-order chi connectivity index (χ1) is 7.70. The molecular weight excluding hydrogens is 220 g/mol. The van der Waals surface area contributed by atoms with Crippen LogP contribution >= 0.6 is 0 Å². The van der Waals surface area contributed by atoms with E-state index in [4.69, 9.17) is 5.11 Å². The molecule has 0 unspecified atom stereocenters. The summed E-state index contributed by atoms with van der Waals surface area (Å²) >= 11 is 0. The van der Waals surface area contributed by atoms with E-state index >= 15 is 0 Å². The monoisotopic (exact) mass is 236 g/mol. The Kier molecular flexibility index (Phi) is 3.56. The molecule has 0 aliphatic heterocycles. The number of aliphatic carboxylic acids is 1. The van der Waals surface area contributed by atoms with Crippen LogP contribution in [0.1, 0.15) is 36.7 Å². The number of hydrogen-bond donors (Lipinski definition) is 2. The summed E-state index contributed by atoms with van der Waals surface area (Å²) in [4.78, 5) is 21.9. The van der Waals surface area contributed by atoms with Gasteiger partial charge in [0, 0.05) is 0 Å². The molecule has 0 bridgehead atoms. The van der Waals surface area contributed by atoms with Gasteiger partial charge < -0.3 is 10.2 Å².